The predicted molar refractivity (Wildman–Crippen MR) is 77.9 cm³/mol. The van der Waals surface area contributed by atoms with Gasteiger partial charge in [-0.1, -0.05) is 18.2 Å². The van der Waals surface area contributed by atoms with Gasteiger partial charge in [0, 0.05) is 5.88 Å². The van der Waals surface area contributed by atoms with Gasteiger partial charge < -0.3 is 4.74 Å². The third-order valence-electron chi connectivity index (χ3n) is 2.21. The Morgan fingerprint density at radius 3 is 2.29 bits per heavy atom. The minimum atomic E-state index is 0.494. The van der Waals surface area contributed by atoms with E-state index in [1.807, 2.05) is 42.5 Å². The van der Waals surface area contributed by atoms with Crippen LogP contribution in [0.5, 0.6) is 11.5 Å². The predicted octanol–water partition coefficient (Wildman–Crippen LogP) is 5.74. The third kappa shape index (κ3) is 3.24. The summed E-state index contributed by atoms with van der Waals surface area (Å²) in [6, 6.07) is 13.5. The lowest BCUT2D eigenvalue weighted by molar-refractivity contribution is 0.476. The molecule has 2 aromatic carbocycles. The summed E-state index contributed by atoms with van der Waals surface area (Å²) in [7, 11) is 0. The molecule has 0 aliphatic rings. The van der Waals surface area contributed by atoms with Crippen LogP contribution in [0, 0.1) is 0 Å². The van der Waals surface area contributed by atoms with E-state index in [4.69, 9.17) is 16.3 Å². The Labute approximate surface area is 122 Å². The molecule has 2 aromatic rings. The third-order valence-corrected chi connectivity index (χ3v) is 3.79. The average molecular weight is 376 g/mol. The monoisotopic (exact) mass is 374 g/mol. The van der Waals surface area contributed by atoms with Crippen LogP contribution < -0.4 is 4.74 Å². The number of halogens is 3. The molecule has 17 heavy (non-hydrogen) atoms. The van der Waals surface area contributed by atoms with Crippen molar-refractivity contribution in [2.24, 2.45) is 0 Å². The number of rotatable bonds is 3. The van der Waals surface area contributed by atoms with E-state index in [1.165, 1.54) is 0 Å². The molecule has 0 spiro atoms. The summed E-state index contributed by atoms with van der Waals surface area (Å²) in [4.78, 5) is 0. The summed E-state index contributed by atoms with van der Waals surface area (Å²) in [5.41, 5.74) is 1.05. The fourth-order valence-electron chi connectivity index (χ4n) is 1.36. The molecule has 0 saturated heterocycles. The van der Waals surface area contributed by atoms with Gasteiger partial charge >= 0.3 is 0 Å². The Kier molecular flexibility index (Phi) is 4.48. The zero-order valence-electron chi connectivity index (χ0n) is 8.79. The summed E-state index contributed by atoms with van der Waals surface area (Å²) in [6.07, 6.45) is 0. The number of benzene rings is 2. The van der Waals surface area contributed by atoms with Gasteiger partial charge in [-0.15, -0.1) is 11.6 Å². The van der Waals surface area contributed by atoms with Crippen LogP contribution in [0.25, 0.3) is 0 Å². The van der Waals surface area contributed by atoms with Crippen molar-refractivity contribution in [2.45, 2.75) is 5.88 Å². The van der Waals surface area contributed by atoms with E-state index in [-0.39, 0.29) is 0 Å². The zero-order valence-corrected chi connectivity index (χ0v) is 12.7. The standard InChI is InChI=1S/C13H9Br2ClO/c14-10-3-1-2-4-12(10)17-13-6-5-9(8-16)7-11(13)15/h1-7H,8H2. The van der Waals surface area contributed by atoms with Crippen molar-refractivity contribution in [3.8, 4) is 11.5 Å². The lowest BCUT2D eigenvalue weighted by Crippen LogP contribution is -1.87. The van der Waals surface area contributed by atoms with E-state index < -0.39 is 0 Å². The second-order valence-corrected chi connectivity index (χ2v) is 5.41. The number of hydrogen-bond donors (Lipinski definition) is 0. The van der Waals surface area contributed by atoms with Crippen molar-refractivity contribution < 1.29 is 4.74 Å². The molecule has 0 unspecified atom stereocenters. The molecule has 0 aromatic heterocycles. The largest absolute Gasteiger partial charge is 0.455 e. The maximum atomic E-state index is 5.80. The Hall–Kier alpha value is -0.510. The number of para-hydroxylation sites is 1. The molecule has 0 atom stereocenters. The maximum Gasteiger partial charge on any atom is 0.141 e. The van der Waals surface area contributed by atoms with Crippen LogP contribution in [0.3, 0.4) is 0 Å². The molecular formula is C13H9Br2ClO. The first-order chi connectivity index (χ1) is 8.20. The molecule has 4 heteroatoms. The quantitative estimate of drug-likeness (QED) is 0.621. The Morgan fingerprint density at radius 2 is 1.65 bits per heavy atom. The lowest BCUT2D eigenvalue weighted by atomic mass is 10.2. The highest BCUT2D eigenvalue weighted by Crippen LogP contribution is 2.34. The highest BCUT2D eigenvalue weighted by atomic mass is 79.9. The van der Waals surface area contributed by atoms with Crippen molar-refractivity contribution in [1.29, 1.82) is 0 Å². The number of hydrogen-bond acceptors (Lipinski definition) is 1. The first-order valence-electron chi connectivity index (χ1n) is 4.97. The van der Waals surface area contributed by atoms with Gasteiger partial charge in [0.25, 0.3) is 0 Å². The van der Waals surface area contributed by atoms with Crippen molar-refractivity contribution in [2.75, 3.05) is 0 Å². The molecule has 0 aliphatic heterocycles. The summed E-state index contributed by atoms with van der Waals surface area (Å²) in [5, 5.41) is 0. The topological polar surface area (TPSA) is 9.23 Å². The Bertz CT molecular complexity index is 529. The van der Waals surface area contributed by atoms with Crippen LogP contribution in [0.1, 0.15) is 5.56 Å². The molecule has 0 heterocycles. The highest BCUT2D eigenvalue weighted by Gasteiger charge is 2.06. The van der Waals surface area contributed by atoms with E-state index in [9.17, 15) is 0 Å². The molecule has 88 valence electrons. The van der Waals surface area contributed by atoms with Gasteiger partial charge in [0.2, 0.25) is 0 Å². The van der Waals surface area contributed by atoms with Crippen LogP contribution in [-0.2, 0) is 5.88 Å². The highest BCUT2D eigenvalue weighted by molar-refractivity contribution is 9.11. The van der Waals surface area contributed by atoms with E-state index in [0.29, 0.717) is 5.88 Å². The van der Waals surface area contributed by atoms with Gasteiger partial charge in [-0.25, -0.2) is 0 Å². The fourth-order valence-corrected chi connectivity index (χ4v) is 2.40. The Balaban J connectivity index is 2.28. The molecule has 0 radical (unpaired) electrons. The molecular weight excluding hydrogens is 367 g/mol. The zero-order chi connectivity index (χ0) is 12.3. The second-order valence-electron chi connectivity index (χ2n) is 3.43. The summed E-state index contributed by atoms with van der Waals surface area (Å²) >= 11 is 12.7. The molecule has 0 amide bonds. The molecule has 0 fully saturated rings. The molecule has 0 saturated carbocycles. The van der Waals surface area contributed by atoms with Crippen molar-refractivity contribution in [1.82, 2.24) is 0 Å². The van der Waals surface area contributed by atoms with Crippen LogP contribution >= 0.6 is 43.5 Å². The van der Waals surface area contributed by atoms with Crippen LogP contribution in [-0.4, -0.2) is 0 Å². The molecule has 0 N–H and O–H groups in total. The minimum Gasteiger partial charge on any atom is -0.455 e. The van der Waals surface area contributed by atoms with Crippen LogP contribution in [0.4, 0.5) is 0 Å². The van der Waals surface area contributed by atoms with Crippen molar-refractivity contribution >= 4 is 43.5 Å². The van der Waals surface area contributed by atoms with Gasteiger partial charge in [0.05, 0.1) is 8.95 Å². The van der Waals surface area contributed by atoms with Gasteiger partial charge in [-0.2, -0.15) is 0 Å². The molecule has 2 rings (SSSR count). The normalized spacial score (nSPS) is 10.3. The van der Waals surface area contributed by atoms with Gasteiger partial charge in [-0.05, 0) is 61.7 Å². The van der Waals surface area contributed by atoms with Crippen LogP contribution in [0.2, 0.25) is 0 Å². The summed E-state index contributed by atoms with van der Waals surface area (Å²) in [6.45, 7) is 0. The van der Waals surface area contributed by atoms with Crippen molar-refractivity contribution in [3.63, 3.8) is 0 Å². The van der Waals surface area contributed by atoms with Gasteiger partial charge in [0.1, 0.15) is 11.5 Å². The second kappa shape index (κ2) is 5.89. The van der Waals surface area contributed by atoms with E-state index >= 15 is 0 Å². The van der Waals surface area contributed by atoms with Gasteiger partial charge in [0.15, 0.2) is 0 Å². The molecule has 0 aliphatic carbocycles. The smallest absolute Gasteiger partial charge is 0.141 e. The maximum absolute atomic E-state index is 5.80. The van der Waals surface area contributed by atoms with Gasteiger partial charge in [-0.3, -0.25) is 0 Å². The fraction of sp³-hybridized carbons (Fsp3) is 0.0769. The first kappa shape index (κ1) is 12.9. The van der Waals surface area contributed by atoms with E-state index in [1.54, 1.807) is 0 Å². The number of alkyl halides is 1. The Morgan fingerprint density at radius 1 is 0.941 bits per heavy atom. The minimum absolute atomic E-state index is 0.494. The van der Waals surface area contributed by atoms with E-state index in [0.717, 1.165) is 26.0 Å². The SMILES string of the molecule is ClCc1ccc(Oc2ccccc2Br)c(Br)c1. The summed E-state index contributed by atoms with van der Waals surface area (Å²) in [5.74, 6) is 2.05. The van der Waals surface area contributed by atoms with Crippen LogP contribution in [0.15, 0.2) is 51.4 Å². The van der Waals surface area contributed by atoms with E-state index in [2.05, 4.69) is 31.9 Å². The lowest BCUT2D eigenvalue weighted by Gasteiger charge is -2.10. The number of ether oxygens (including phenoxy) is 1. The summed E-state index contributed by atoms with van der Waals surface area (Å²) < 4.78 is 7.62. The molecule has 0 bridgehead atoms. The first-order valence-corrected chi connectivity index (χ1v) is 7.09. The average Bonchev–Trinajstić information content (AvgIpc) is 2.34. The van der Waals surface area contributed by atoms with Crippen molar-refractivity contribution in [3.05, 3.63) is 57.0 Å². The molecule has 1 nitrogen and oxygen atoms in total.